The van der Waals surface area contributed by atoms with Gasteiger partial charge in [-0.15, -0.1) is 0 Å². The molecule has 96 valence electrons. The first-order valence-corrected chi connectivity index (χ1v) is 6.27. The minimum atomic E-state index is -0.0532. The van der Waals surface area contributed by atoms with Crippen LogP contribution in [0.3, 0.4) is 0 Å². The van der Waals surface area contributed by atoms with Crippen LogP contribution < -0.4 is 5.73 Å². The number of nitrogen functional groups attached to an aromatic ring is 1. The molecule has 0 radical (unpaired) electrons. The van der Waals surface area contributed by atoms with E-state index in [-0.39, 0.29) is 5.41 Å². The van der Waals surface area contributed by atoms with Crippen LogP contribution in [0.2, 0.25) is 5.02 Å². The lowest BCUT2D eigenvalue weighted by Crippen LogP contribution is -2.17. The predicted octanol–water partition coefficient (Wildman–Crippen LogP) is 3.62. The number of imidazole rings is 1. The van der Waals surface area contributed by atoms with Gasteiger partial charge in [0, 0.05) is 18.0 Å². The molecule has 0 bridgehead atoms. The average molecular weight is 264 g/mol. The zero-order valence-electron chi connectivity index (χ0n) is 11.2. The largest absolute Gasteiger partial charge is 0.383 e. The van der Waals surface area contributed by atoms with E-state index >= 15 is 0 Å². The normalized spacial score (nSPS) is 11.8. The first-order valence-electron chi connectivity index (χ1n) is 5.90. The third-order valence-electron chi connectivity index (χ3n) is 2.94. The van der Waals surface area contributed by atoms with Gasteiger partial charge in [0.25, 0.3) is 0 Å². The Kier molecular flexibility index (Phi) is 3.11. The summed E-state index contributed by atoms with van der Waals surface area (Å²) in [6.45, 7) is 6.35. The Morgan fingerprint density at radius 1 is 1.22 bits per heavy atom. The van der Waals surface area contributed by atoms with Gasteiger partial charge >= 0.3 is 0 Å². The van der Waals surface area contributed by atoms with E-state index in [4.69, 9.17) is 17.3 Å². The number of halogens is 1. The third kappa shape index (κ3) is 2.10. The average Bonchev–Trinajstić information content (AvgIpc) is 2.57. The second-order valence-electron chi connectivity index (χ2n) is 5.46. The summed E-state index contributed by atoms with van der Waals surface area (Å²) in [5.74, 6) is 1.60. The molecule has 2 rings (SSSR count). The Labute approximate surface area is 113 Å². The lowest BCUT2D eigenvalue weighted by atomic mass is 9.96. The third-order valence-corrected chi connectivity index (χ3v) is 3.27. The van der Waals surface area contributed by atoms with Crippen molar-refractivity contribution in [3.05, 3.63) is 35.1 Å². The van der Waals surface area contributed by atoms with Crippen LogP contribution in [0.4, 0.5) is 5.82 Å². The van der Waals surface area contributed by atoms with Gasteiger partial charge in [-0.05, 0) is 6.07 Å². The van der Waals surface area contributed by atoms with Gasteiger partial charge in [0.2, 0.25) is 0 Å². The van der Waals surface area contributed by atoms with Crippen molar-refractivity contribution in [3.63, 3.8) is 0 Å². The molecule has 0 aliphatic carbocycles. The van der Waals surface area contributed by atoms with Crippen LogP contribution in [0, 0.1) is 0 Å². The van der Waals surface area contributed by atoms with E-state index in [0.29, 0.717) is 10.8 Å². The number of nitrogens with two attached hydrogens (primary N) is 1. The molecule has 0 fully saturated rings. The number of benzene rings is 1. The lowest BCUT2D eigenvalue weighted by Gasteiger charge is -2.17. The maximum Gasteiger partial charge on any atom is 0.131 e. The van der Waals surface area contributed by atoms with Crippen LogP contribution in [-0.4, -0.2) is 9.55 Å². The maximum atomic E-state index is 6.20. The molecule has 0 amide bonds. The highest BCUT2D eigenvalue weighted by Crippen LogP contribution is 2.34. The first-order chi connectivity index (χ1) is 8.32. The van der Waals surface area contributed by atoms with Gasteiger partial charge in [-0.25, -0.2) is 4.98 Å². The monoisotopic (exact) mass is 263 g/mol. The minimum Gasteiger partial charge on any atom is -0.383 e. The van der Waals surface area contributed by atoms with Gasteiger partial charge in [0.05, 0.1) is 5.02 Å². The number of hydrogen-bond acceptors (Lipinski definition) is 2. The van der Waals surface area contributed by atoms with E-state index in [1.54, 1.807) is 0 Å². The fourth-order valence-corrected chi connectivity index (χ4v) is 2.26. The van der Waals surface area contributed by atoms with Crippen LogP contribution in [0.25, 0.3) is 11.3 Å². The molecule has 1 aromatic carbocycles. The summed E-state index contributed by atoms with van der Waals surface area (Å²) >= 11 is 6.20. The van der Waals surface area contributed by atoms with E-state index in [2.05, 4.69) is 25.8 Å². The van der Waals surface area contributed by atoms with Crippen molar-refractivity contribution in [1.29, 1.82) is 0 Å². The number of anilines is 1. The summed E-state index contributed by atoms with van der Waals surface area (Å²) in [6, 6.07) is 7.62. The quantitative estimate of drug-likeness (QED) is 0.854. The van der Waals surface area contributed by atoms with Gasteiger partial charge in [0.15, 0.2) is 0 Å². The van der Waals surface area contributed by atoms with Crippen LogP contribution in [0.1, 0.15) is 26.6 Å². The molecule has 3 nitrogen and oxygen atoms in total. The van der Waals surface area contributed by atoms with E-state index < -0.39 is 0 Å². The zero-order chi connectivity index (χ0) is 13.5. The van der Waals surface area contributed by atoms with E-state index in [1.165, 1.54) is 0 Å². The van der Waals surface area contributed by atoms with Crippen molar-refractivity contribution in [2.24, 2.45) is 7.05 Å². The highest BCUT2D eigenvalue weighted by molar-refractivity contribution is 6.33. The SMILES string of the molecule is Cn1c(C(C)(C)C)nc(-c2ccccc2Cl)c1N. The Bertz CT molecular complexity index is 579. The molecule has 2 N–H and O–H groups in total. The van der Waals surface area contributed by atoms with E-state index in [9.17, 15) is 0 Å². The Hall–Kier alpha value is -1.48. The molecule has 1 heterocycles. The van der Waals surface area contributed by atoms with Crippen molar-refractivity contribution in [3.8, 4) is 11.3 Å². The van der Waals surface area contributed by atoms with Gasteiger partial charge in [-0.2, -0.15) is 0 Å². The summed E-state index contributed by atoms with van der Waals surface area (Å²) in [7, 11) is 1.93. The molecule has 0 aliphatic heterocycles. The fourth-order valence-electron chi connectivity index (χ4n) is 2.03. The van der Waals surface area contributed by atoms with E-state index in [0.717, 1.165) is 17.1 Å². The molecule has 0 aliphatic rings. The first kappa shape index (κ1) is 13.0. The van der Waals surface area contributed by atoms with E-state index in [1.807, 2.05) is 35.9 Å². The standard InChI is InChI=1S/C14H18ClN3/c1-14(2,3)13-17-11(12(16)18(13)4)9-7-5-6-8-10(9)15/h5-8H,16H2,1-4H3. The van der Waals surface area contributed by atoms with Gasteiger partial charge in [-0.1, -0.05) is 50.6 Å². The molecule has 0 atom stereocenters. The van der Waals surface area contributed by atoms with Gasteiger partial charge in [0.1, 0.15) is 17.3 Å². The van der Waals surface area contributed by atoms with Crippen LogP contribution in [-0.2, 0) is 12.5 Å². The van der Waals surface area contributed by atoms with Crippen LogP contribution in [0.5, 0.6) is 0 Å². The molecular weight excluding hydrogens is 246 g/mol. The van der Waals surface area contributed by atoms with Crippen molar-refractivity contribution >= 4 is 17.4 Å². The molecule has 18 heavy (non-hydrogen) atoms. The molecule has 0 saturated carbocycles. The lowest BCUT2D eigenvalue weighted by molar-refractivity contribution is 0.524. The summed E-state index contributed by atoms with van der Waals surface area (Å²) in [5, 5.41) is 0.669. The van der Waals surface area contributed by atoms with Gasteiger partial charge < -0.3 is 10.3 Å². The molecule has 1 aromatic heterocycles. The number of rotatable bonds is 1. The molecule has 4 heteroatoms. The summed E-state index contributed by atoms with van der Waals surface area (Å²) in [4.78, 5) is 4.67. The van der Waals surface area contributed by atoms with Crippen molar-refractivity contribution in [1.82, 2.24) is 9.55 Å². The Morgan fingerprint density at radius 2 is 1.83 bits per heavy atom. The highest BCUT2D eigenvalue weighted by atomic mass is 35.5. The van der Waals surface area contributed by atoms with Crippen molar-refractivity contribution < 1.29 is 0 Å². The Balaban J connectivity index is 2.65. The summed E-state index contributed by atoms with van der Waals surface area (Å²) < 4.78 is 1.93. The molecule has 0 spiro atoms. The second-order valence-corrected chi connectivity index (χ2v) is 5.87. The number of aromatic nitrogens is 2. The molecule has 0 saturated heterocycles. The van der Waals surface area contributed by atoms with Gasteiger partial charge in [-0.3, -0.25) is 0 Å². The smallest absolute Gasteiger partial charge is 0.131 e. The number of nitrogens with zero attached hydrogens (tertiary/aromatic N) is 2. The summed E-state index contributed by atoms with van der Waals surface area (Å²) in [6.07, 6.45) is 0. The number of hydrogen-bond donors (Lipinski definition) is 1. The minimum absolute atomic E-state index is 0.0532. The highest BCUT2D eigenvalue weighted by Gasteiger charge is 2.24. The Morgan fingerprint density at radius 3 is 2.33 bits per heavy atom. The fraction of sp³-hybridized carbons (Fsp3) is 0.357. The summed E-state index contributed by atoms with van der Waals surface area (Å²) in [5.41, 5.74) is 7.72. The zero-order valence-corrected chi connectivity index (χ0v) is 11.9. The molecular formula is C14H18ClN3. The van der Waals surface area contributed by atoms with Crippen LogP contribution in [0.15, 0.2) is 24.3 Å². The maximum absolute atomic E-state index is 6.20. The van der Waals surface area contributed by atoms with Crippen molar-refractivity contribution in [2.75, 3.05) is 5.73 Å². The molecule has 2 aromatic rings. The molecule has 0 unspecified atom stereocenters. The topological polar surface area (TPSA) is 43.8 Å². The van der Waals surface area contributed by atoms with Crippen molar-refractivity contribution in [2.45, 2.75) is 26.2 Å². The second kappa shape index (κ2) is 4.32. The predicted molar refractivity (Wildman–Crippen MR) is 76.8 cm³/mol. The van der Waals surface area contributed by atoms with Crippen LogP contribution >= 0.6 is 11.6 Å².